The van der Waals surface area contributed by atoms with Gasteiger partial charge in [0.2, 0.25) is 0 Å². The summed E-state index contributed by atoms with van der Waals surface area (Å²) in [7, 11) is 0. The minimum absolute atomic E-state index is 0.0210. The lowest BCUT2D eigenvalue weighted by molar-refractivity contribution is 0.0975. The summed E-state index contributed by atoms with van der Waals surface area (Å²) in [5, 5.41) is 7.85. The number of hydrogen-bond acceptors (Lipinski definition) is 4. The molecule has 0 aliphatic carbocycles. The molecule has 0 saturated heterocycles. The first-order chi connectivity index (χ1) is 10.3. The van der Waals surface area contributed by atoms with Gasteiger partial charge >= 0.3 is 0 Å². The summed E-state index contributed by atoms with van der Waals surface area (Å²) < 4.78 is 1.57. The molecule has 0 aliphatic rings. The molecule has 104 valence electrons. The number of ketones is 1. The van der Waals surface area contributed by atoms with Crippen molar-refractivity contribution in [3.63, 3.8) is 0 Å². The van der Waals surface area contributed by atoms with Gasteiger partial charge in [0.1, 0.15) is 5.69 Å². The van der Waals surface area contributed by atoms with E-state index in [0.29, 0.717) is 18.5 Å². The number of hydrogen-bond donors (Lipinski definition) is 0. The van der Waals surface area contributed by atoms with Crippen LogP contribution in [0.5, 0.6) is 0 Å². The van der Waals surface area contributed by atoms with Crippen LogP contribution in [0.4, 0.5) is 0 Å². The van der Waals surface area contributed by atoms with Crippen molar-refractivity contribution in [3.05, 3.63) is 72.3 Å². The molecule has 0 atom stereocenters. The van der Waals surface area contributed by atoms with Crippen molar-refractivity contribution in [3.8, 4) is 5.69 Å². The Kier molecular flexibility index (Phi) is 3.82. The van der Waals surface area contributed by atoms with E-state index < -0.39 is 0 Å². The molecule has 5 heteroatoms. The van der Waals surface area contributed by atoms with Crippen molar-refractivity contribution in [1.82, 2.24) is 20.0 Å². The van der Waals surface area contributed by atoms with Crippen LogP contribution < -0.4 is 0 Å². The Morgan fingerprint density at radius 2 is 1.90 bits per heavy atom. The van der Waals surface area contributed by atoms with Gasteiger partial charge in [-0.25, -0.2) is 4.68 Å². The molecular weight excluding hydrogens is 264 g/mol. The second kappa shape index (κ2) is 6.09. The second-order valence-electron chi connectivity index (χ2n) is 4.65. The van der Waals surface area contributed by atoms with Crippen LogP contribution in [0.2, 0.25) is 0 Å². The van der Waals surface area contributed by atoms with E-state index in [1.165, 1.54) is 6.20 Å². The topological polar surface area (TPSA) is 60.7 Å². The summed E-state index contributed by atoms with van der Waals surface area (Å²) in [5.74, 6) is 0.0210. The Morgan fingerprint density at radius 3 is 2.67 bits per heavy atom. The lowest BCUT2D eigenvalue weighted by Gasteiger charge is -2.05. The lowest BCUT2D eigenvalue weighted by Crippen LogP contribution is -2.09. The van der Waals surface area contributed by atoms with Crippen LogP contribution in [-0.2, 0) is 6.42 Å². The monoisotopic (exact) mass is 278 g/mol. The minimum atomic E-state index is 0.0210. The fourth-order valence-electron chi connectivity index (χ4n) is 2.12. The van der Waals surface area contributed by atoms with E-state index in [1.807, 2.05) is 42.5 Å². The van der Waals surface area contributed by atoms with E-state index in [2.05, 4.69) is 15.3 Å². The zero-order chi connectivity index (χ0) is 14.5. The number of benzene rings is 1. The number of aryl methyl sites for hydroxylation is 1. The smallest absolute Gasteiger partial charge is 0.183 e. The molecule has 0 spiro atoms. The quantitative estimate of drug-likeness (QED) is 0.673. The zero-order valence-corrected chi connectivity index (χ0v) is 11.4. The summed E-state index contributed by atoms with van der Waals surface area (Å²) >= 11 is 0. The summed E-state index contributed by atoms with van der Waals surface area (Å²) in [6, 6.07) is 13.4. The highest BCUT2D eigenvalue weighted by molar-refractivity contribution is 5.94. The molecule has 21 heavy (non-hydrogen) atoms. The highest BCUT2D eigenvalue weighted by atomic mass is 16.1. The maximum Gasteiger partial charge on any atom is 0.183 e. The number of para-hydroxylation sites is 1. The van der Waals surface area contributed by atoms with Gasteiger partial charge in [-0.05, 0) is 30.2 Å². The molecular formula is C16H14N4O. The van der Waals surface area contributed by atoms with Crippen molar-refractivity contribution in [2.45, 2.75) is 12.8 Å². The molecule has 0 unspecified atom stereocenters. The number of carbonyl (C=O) groups is 1. The van der Waals surface area contributed by atoms with E-state index in [4.69, 9.17) is 0 Å². The normalized spacial score (nSPS) is 10.5. The van der Waals surface area contributed by atoms with E-state index >= 15 is 0 Å². The van der Waals surface area contributed by atoms with E-state index in [-0.39, 0.29) is 5.78 Å². The number of nitrogens with zero attached hydrogens (tertiary/aromatic N) is 4. The molecule has 0 radical (unpaired) electrons. The van der Waals surface area contributed by atoms with Crippen molar-refractivity contribution in [1.29, 1.82) is 0 Å². The summed E-state index contributed by atoms with van der Waals surface area (Å²) in [4.78, 5) is 16.4. The van der Waals surface area contributed by atoms with Gasteiger partial charge in [-0.15, -0.1) is 5.10 Å². The molecule has 0 saturated carbocycles. The van der Waals surface area contributed by atoms with Gasteiger partial charge in [0.05, 0.1) is 11.9 Å². The average Bonchev–Trinajstić information content (AvgIpc) is 3.04. The van der Waals surface area contributed by atoms with Gasteiger partial charge in [0.15, 0.2) is 5.78 Å². The van der Waals surface area contributed by atoms with Gasteiger partial charge in [0.25, 0.3) is 0 Å². The molecule has 0 amide bonds. The second-order valence-corrected chi connectivity index (χ2v) is 4.65. The molecule has 5 nitrogen and oxygen atoms in total. The largest absolute Gasteiger partial charge is 0.292 e. The third-order valence-corrected chi connectivity index (χ3v) is 3.20. The number of pyridine rings is 1. The highest BCUT2D eigenvalue weighted by Crippen LogP contribution is 2.12. The Balaban J connectivity index is 1.76. The summed E-state index contributed by atoms with van der Waals surface area (Å²) in [6.45, 7) is 0. The molecule has 3 rings (SSSR count). The standard InChI is InChI=1S/C16H14N4O/c21-16(9-8-13-5-4-10-17-11-13)15-12-18-19-20(15)14-6-2-1-3-7-14/h1-7,10-12H,8-9H2. The fraction of sp³-hybridized carbons (Fsp3) is 0.125. The molecule has 3 aromatic rings. The predicted molar refractivity (Wildman–Crippen MR) is 78.2 cm³/mol. The first kappa shape index (κ1) is 13.2. The Morgan fingerprint density at radius 1 is 1.05 bits per heavy atom. The highest BCUT2D eigenvalue weighted by Gasteiger charge is 2.14. The third-order valence-electron chi connectivity index (χ3n) is 3.20. The van der Waals surface area contributed by atoms with Crippen LogP contribution in [0.15, 0.2) is 61.1 Å². The maximum absolute atomic E-state index is 12.4. The number of rotatable bonds is 5. The van der Waals surface area contributed by atoms with E-state index in [1.54, 1.807) is 17.1 Å². The zero-order valence-electron chi connectivity index (χ0n) is 11.4. The number of carbonyl (C=O) groups excluding carboxylic acids is 1. The van der Waals surface area contributed by atoms with Crippen LogP contribution in [-0.4, -0.2) is 25.8 Å². The Labute approximate surface area is 122 Å². The average molecular weight is 278 g/mol. The van der Waals surface area contributed by atoms with Gasteiger partial charge in [-0.3, -0.25) is 9.78 Å². The molecule has 2 heterocycles. The van der Waals surface area contributed by atoms with Crippen LogP contribution >= 0.6 is 0 Å². The molecule has 2 aromatic heterocycles. The van der Waals surface area contributed by atoms with Crippen LogP contribution in [0.1, 0.15) is 22.5 Å². The number of aromatic nitrogens is 4. The van der Waals surface area contributed by atoms with E-state index in [9.17, 15) is 4.79 Å². The fourth-order valence-corrected chi connectivity index (χ4v) is 2.12. The number of Topliss-reactive ketones (excluding diaryl/α,β-unsaturated/α-hetero) is 1. The van der Waals surface area contributed by atoms with Gasteiger partial charge in [0, 0.05) is 18.8 Å². The van der Waals surface area contributed by atoms with Gasteiger partial charge in [-0.1, -0.05) is 29.5 Å². The summed E-state index contributed by atoms with van der Waals surface area (Å²) in [5.41, 5.74) is 2.38. The van der Waals surface area contributed by atoms with Crippen LogP contribution in [0, 0.1) is 0 Å². The lowest BCUT2D eigenvalue weighted by atomic mass is 10.1. The van der Waals surface area contributed by atoms with Crippen molar-refractivity contribution in [2.75, 3.05) is 0 Å². The third kappa shape index (κ3) is 3.02. The predicted octanol–water partition coefficient (Wildman–Crippen LogP) is 2.48. The van der Waals surface area contributed by atoms with E-state index in [0.717, 1.165) is 11.3 Å². The van der Waals surface area contributed by atoms with Crippen molar-refractivity contribution < 1.29 is 4.79 Å². The SMILES string of the molecule is O=C(CCc1cccnc1)c1cnnn1-c1ccccc1. The van der Waals surface area contributed by atoms with Gasteiger partial charge in [-0.2, -0.15) is 0 Å². The van der Waals surface area contributed by atoms with Gasteiger partial charge < -0.3 is 0 Å². The van der Waals surface area contributed by atoms with Crippen molar-refractivity contribution in [2.24, 2.45) is 0 Å². The van der Waals surface area contributed by atoms with Crippen LogP contribution in [0.25, 0.3) is 5.69 Å². The summed E-state index contributed by atoms with van der Waals surface area (Å²) in [6.07, 6.45) is 6.08. The molecule has 0 N–H and O–H groups in total. The maximum atomic E-state index is 12.4. The molecule has 0 aliphatic heterocycles. The molecule has 0 fully saturated rings. The Hall–Kier alpha value is -2.82. The minimum Gasteiger partial charge on any atom is -0.292 e. The molecule has 1 aromatic carbocycles. The first-order valence-electron chi connectivity index (χ1n) is 6.73. The van der Waals surface area contributed by atoms with Crippen molar-refractivity contribution >= 4 is 5.78 Å². The van der Waals surface area contributed by atoms with Crippen LogP contribution in [0.3, 0.4) is 0 Å². The Bertz CT molecular complexity index is 722. The first-order valence-corrected chi connectivity index (χ1v) is 6.73. The molecule has 0 bridgehead atoms.